The largest absolute Gasteiger partial charge is 0.424 e. The van der Waals surface area contributed by atoms with Crippen LogP contribution in [0.25, 0.3) is 11.1 Å². The van der Waals surface area contributed by atoms with Crippen LogP contribution < -0.4 is 5.32 Å². The van der Waals surface area contributed by atoms with Gasteiger partial charge in [0.2, 0.25) is 0 Å². The van der Waals surface area contributed by atoms with Crippen molar-refractivity contribution in [3.63, 3.8) is 0 Å². The summed E-state index contributed by atoms with van der Waals surface area (Å²) in [7, 11) is 0. The van der Waals surface area contributed by atoms with Gasteiger partial charge in [0.25, 0.3) is 6.01 Å². The molecule has 3 aromatic rings. The van der Waals surface area contributed by atoms with Gasteiger partial charge in [-0.2, -0.15) is 4.98 Å². The third-order valence-electron chi connectivity index (χ3n) is 5.32. The second kappa shape index (κ2) is 7.46. The van der Waals surface area contributed by atoms with Crippen LogP contribution in [0.3, 0.4) is 0 Å². The van der Waals surface area contributed by atoms with E-state index in [1.54, 1.807) is 6.07 Å². The number of likely N-dealkylation sites (tertiary alicyclic amines) is 1. The Morgan fingerprint density at radius 2 is 2.00 bits per heavy atom. The fourth-order valence-electron chi connectivity index (χ4n) is 3.85. The summed E-state index contributed by atoms with van der Waals surface area (Å²) in [6.45, 7) is 4.63. The van der Waals surface area contributed by atoms with Crippen LogP contribution in [0, 0.1) is 11.7 Å². The van der Waals surface area contributed by atoms with Crippen molar-refractivity contribution in [2.75, 3.05) is 18.4 Å². The molecule has 26 heavy (non-hydrogen) atoms. The SMILES string of the molecule is C[C@H]1CCCN(Cc2ccccc2F)[C@H]1CNc1nc2ccccc2o1. The molecule has 0 saturated carbocycles. The minimum atomic E-state index is -0.128. The van der Waals surface area contributed by atoms with Crippen molar-refractivity contribution in [1.82, 2.24) is 9.88 Å². The molecule has 1 N–H and O–H groups in total. The Morgan fingerprint density at radius 3 is 2.85 bits per heavy atom. The Balaban J connectivity index is 1.47. The molecule has 5 heteroatoms. The van der Waals surface area contributed by atoms with E-state index in [0.29, 0.717) is 24.5 Å². The average molecular weight is 353 g/mol. The number of nitrogens with one attached hydrogen (secondary N) is 1. The average Bonchev–Trinajstić information content (AvgIpc) is 3.06. The summed E-state index contributed by atoms with van der Waals surface area (Å²) in [5.41, 5.74) is 2.40. The summed E-state index contributed by atoms with van der Waals surface area (Å²) >= 11 is 0. The molecule has 2 heterocycles. The molecule has 1 saturated heterocycles. The maximum Gasteiger partial charge on any atom is 0.295 e. The van der Waals surface area contributed by atoms with Gasteiger partial charge in [0, 0.05) is 24.7 Å². The van der Waals surface area contributed by atoms with Crippen LogP contribution >= 0.6 is 0 Å². The van der Waals surface area contributed by atoms with Crippen molar-refractivity contribution in [3.8, 4) is 0 Å². The number of oxazole rings is 1. The Bertz CT molecular complexity index is 845. The van der Waals surface area contributed by atoms with Crippen LogP contribution in [-0.2, 0) is 6.54 Å². The van der Waals surface area contributed by atoms with Crippen LogP contribution in [-0.4, -0.2) is 29.0 Å². The van der Waals surface area contributed by atoms with Crippen LogP contribution in [0.4, 0.5) is 10.4 Å². The number of halogens is 1. The van der Waals surface area contributed by atoms with Crippen LogP contribution in [0.15, 0.2) is 52.9 Å². The minimum Gasteiger partial charge on any atom is -0.424 e. The highest BCUT2D eigenvalue weighted by Gasteiger charge is 2.29. The van der Waals surface area contributed by atoms with Gasteiger partial charge in [-0.25, -0.2) is 4.39 Å². The van der Waals surface area contributed by atoms with Gasteiger partial charge >= 0.3 is 0 Å². The molecule has 1 fully saturated rings. The molecule has 0 radical (unpaired) electrons. The number of fused-ring (bicyclic) bond motifs is 1. The van der Waals surface area contributed by atoms with E-state index in [1.807, 2.05) is 36.4 Å². The van der Waals surface area contributed by atoms with Gasteiger partial charge in [-0.05, 0) is 43.5 Å². The Morgan fingerprint density at radius 1 is 1.19 bits per heavy atom. The van der Waals surface area contributed by atoms with Crippen molar-refractivity contribution in [2.45, 2.75) is 32.4 Å². The van der Waals surface area contributed by atoms with Gasteiger partial charge in [-0.3, -0.25) is 4.90 Å². The fraction of sp³-hybridized carbons (Fsp3) is 0.381. The lowest BCUT2D eigenvalue weighted by Gasteiger charge is -2.40. The molecular weight excluding hydrogens is 329 g/mol. The minimum absolute atomic E-state index is 0.128. The van der Waals surface area contributed by atoms with Crippen molar-refractivity contribution < 1.29 is 8.81 Å². The highest BCUT2D eigenvalue weighted by molar-refractivity contribution is 5.74. The summed E-state index contributed by atoms with van der Waals surface area (Å²) in [6, 6.07) is 15.7. The summed E-state index contributed by atoms with van der Waals surface area (Å²) in [6.07, 6.45) is 2.34. The number of benzene rings is 2. The van der Waals surface area contributed by atoms with Crippen LogP contribution in [0.2, 0.25) is 0 Å². The zero-order valence-electron chi connectivity index (χ0n) is 15.0. The van der Waals surface area contributed by atoms with E-state index in [2.05, 4.69) is 22.1 Å². The normalized spacial score (nSPS) is 21.2. The predicted molar refractivity (Wildman–Crippen MR) is 101 cm³/mol. The molecule has 0 spiro atoms. The number of piperidine rings is 1. The zero-order valence-corrected chi connectivity index (χ0v) is 15.0. The molecule has 2 aromatic carbocycles. The van der Waals surface area contributed by atoms with Crippen molar-refractivity contribution >= 4 is 17.1 Å². The molecule has 2 atom stereocenters. The first-order chi connectivity index (χ1) is 12.7. The van der Waals surface area contributed by atoms with Crippen molar-refractivity contribution in [2.24, 2.45) is 5.92 Å². The van der Waals surface area contributed by atoms with E-state index >= 15 is 0 Å². The summed E-state index contributed by atoms with van der Waals surface area (Å²) in [5.74, 6) is 0.406. The van der Waals surface area contributed by atoms with Gasteiger partial charge in [0.05, 0.1) is 0 Å². The predicted octanol–water partition coefficient (Wildman–Crippen LogP) is 4.68. The lowest BCUT2D eigenvalue weighted by atomic mass is 9.90. The second-order valence-corrected chi connectivity index (χ2v) is 7.12. The topological polar surface area (TPSA) is 41.3 Å². The molecule has 136 valence electrons. The van der Waals surface area contributed by atoms with Gasteiger partial charge in [0.1, 0.15) is 11.3 Å². The third-order valence-corrected chi connectivity index (χ3v) is 5.32. The first kappa shape index (κ1) is 17.0. The fourth-order valence-corrected chi connectivity index (χ4v) is 3.85. The first-order valence-corrected chi connectivity index (χ1v) is 9.27. The van der Waals surface area contributed by atoms with E-state index < -0.39 is 0 Å². The quantitative estimate of drug-likeness (QED) is 0.723. The molecule has 0 bridgehead atoms. The van der Waals surface area contributed by atoms with Crippen molar-refractivity contribution in [1.29, 1.82) is 0 Å². The van der Waals surface area contributed by atoms with Crippen LogP contribution in [0.5, 0.6) is 0 Å². The number of para-hydroxylation sites is 2. The first-order valence-electron chi connectivity index (χ1n) is 9.27. The maximum atomic E-state index is 14.1. The molecule has 1 aliphatic rings. The molecule has 0 aliphatic carbocycles. The van der Waals surface area contributed by atoms with E-state index in [4.69, 9.17) is 4.42 Å². The molecule has 1 aromatic heterocycles. The smallest absolute Gasteiger partial charge is 0.295 e. The van der Waals surface area contributed by atoms with Crippen molar-refractivity contribution in [3.05, 3.63) is 59.9 Å². The number of hydrogen-bond acceptors (Lipinski definition) is 4. The molecule has 0 unspecified atom stereocenters. The number of rotatable bonds is 5. The van der Waals surface area contributed by atoms with E-state index in [9.17, 15) is 4.39 Å². The van der Waals surface area contributed by atoms with E-state index in [-0.39, 0.29) is 5.82 Å². The molecule has 0 amide bonds. The lowest BCUT2D eigenvalue weighted by molar-refractivity contribution is 0.100. The third kappa shape index (κ3) is 3.58. The lowest BCUT2D eigenvalue weighted by Crippen LogP contribution is -2.47. The van der Waals surface area contributed by atoms with Gasteiger partial charge in [-0.1, -0.05) is 37.3 Å². The molecule has 4 rings (SSSR count). The van der Waals surface area contributed by atoms with Gasteiger partial charge in [0.15, 0.2) is 5.58 Å². The number of hydrogen-bond donors (Lipinski definition) is 1. The Labute approximate surface area is 153 Å². The molecular formula is C21H24FN3O. The van der Waals surface area contributed by atoms with Crippen LogP contribution in [0.1, 0.15) is 25.3 Å². The maximum absolute atomic E-state index is 14.1. The summed E-state index contributed by atoms with van der Waals surface area (Å²) in [4.78, 5) is 6.87. The second-order valence-electron chi connectivity index (χ2n) is 7.12. The zero-order chi connectivity index (χ0) is 17.9. The monoisotopic (exact) mass is 353 g/mol. The standard InChI is InChI=1S/C21H24FN3O/c1-15-7-6-12-25(14-16-8-2-3-9-17(16)22)19(15)13-23-21-24-18-10-4-5-11-20(18)26-21/h2-5,8-11,15,19H,6-7,12-14H2,1H3,(H,23,24)/t15-,19-/m0/s1. The Hall–Kier alpha value is -2.40. The van der Waals surface area contributed by atoms with Gasteiger partial charge in [-0.15, -0.1) is 0 Å². The van der Waals surface area contributed by atoms with Gasteiger partial charge < -0.3 is 9.73 Å². The highest BCUT2D eigenvalue weighted by Crippen LogP contribution is 2.26. The number of nitrogens with zero attached hydrogens (tertiary/aromatic N) is 2. The number of anilines is 1. The van der Waals surface area contributed by atoms with E-state index in [0.717, 1.165) is 36.2 Å². The summed E-state index contributed by atoms with van der Waals surface area (Å²) in [5, 5.41) is 3.35. The molecule has 4 nitrogen and oxygen atoms in total. The highest BCUT2D eigenvalue weighted by atomic mass is 19.1. The van der Waals surface area contributed by atoms with E-state index in [1.165, 1.54) is 12.5 Å². The Kier molecular flexibility index (Phi) is 4.89. The number of aromatic nitrogens is 1. The molecule has 1 aliphatic heterocycles. The summed E-state index contributed by atoms with van der Waals surface area (Å²) < 4.78 is 19.8.